The van der Waals surface area contributed by atoms with Gasteiger partial charge in [-0.3, -0.25) is 0 Å². The molecule has 0 spiro atoms. The van der Waals surface area contributed by atoms with Gasteiger partial charge in [-0.15, -0.1) is 0 Å². The maximum atomic E-state index is 5.98. The van der Waals surface area contributed by atoms with Crippen molar-refractivity contribution < 1.29 is 0 Å². The summed E-state index contributed by atoms with van der Waals surface area (Å²) in [6, 6.07) is 1.78. The molecule has 0 amide bonds. The normalized spacial score (nSPS) is 17.7. The van der Waals surface area contributed by atoms with Gasteiger partial charge in [0.2, 0.25) is 0 Å². The van der Waals surface area contributed by atoms with Crippen molar-refractivity contribution in [3.05, 3.63) is 17.5 Å². The average molecular weight is 295 g/mol. The van der Waals surface area contributed by atoms with Crippen molar-refractivity contribution in [3.8, 4) is 0 Å². The van der Waals surface area contributed by atoms with Crippen LogP contribution in [-0.2, 0) is 0 Å². The summed E-state index contributed by atoms with van der Waals surface area (Å²) in [5.41, 5.74) is 0. The molecule has 3 heterocycles. The third-order valence-corrected chi connectivity index (χ3v) is 4.02. The summed E-state index contributed by atoms with van der Waals surface area (Å²) >= 11 is 5.98. The molecule has 1 N–H and O–H groups in total. The molecular formula is C13H19ClN6. The fourth-order valence-electron chi connectivity index (χ4n) is 2.54. The summed E-state index contributed by atoms with van der Waals surface area (Å²) in [6.07, 6.45) is 4.08. The smallest absolute Gasteiger partial charge is 0.255 e. The minimum atomic E-state index is 0.430. The van der Waals surface area contributed by atoms with Gasteiger partial charge in [-0.25, -0.2) is 0 Å². The van der Waals surface area contributed by atoms with Crippen LogP contribution in [0.1, 0.15) is 19.8 Å². The molecule has 0 atom stereocenters. The van der Waals surface area contributed by atoms with E-state index in [-0.39, 0.29) is 0 Å². The Kier molecular flexibility index (Phi) is 4.03. The van der Waals surface area contributed by atoms with E-state index in [0.29, 0.717) is 10.9 Å². The van der Waals surface area contributed by atoms with E-state index in [1.165, 1.54) is 32.3 Å². The van der Waals surface area contributed by atoms with Gasteiger partial charge in [0.05, 0.1) is 0 Å². The second kappa shape index (κ2) is 5.93. The van der Waals surface area contributed by atoms with Crippen molar-refractivity contribution in [2.75, 3.05) is 31.5 Å². The highest BCUT2D eigenvalue weighted by Crippen LogP contribution is 2.16. The molecule has 0 radical (unpaired) electrons. The van der Waals surface area contributed by atoms with Crippen LogP contribution in [0.3, 0.4) is 0 Å². The summed E-state index contributed by atoms with van der Waals surface area (Å²) in [5, 5.41) is 7.94. The zero-order chi connectivity index (χ0) is 13.9. The lowest BCUT2D eigenvalue weighted by molar-refractivity contribution is 0.199. The summed E-state index contributed by atoms with van der Waals surface area (Å²) in [4.78, 5) is 10.7. The third kappa shape index (κ3) is 3.02. The van der Waals surface area contributed by atoms with Crippen LogP contribution >= 0.6 is 11.6 Å². The highest BCUT2D eigenvalue weighted by Gasteiger charge is 2.15. The third-order valence-electron chi connectivity index (χ3n) is 3.83. The Morgan fingerprint density at radius 2 is 2.20 bits per heavy atom. The molecule has 2 aromatic heterocycles. The Morgan fingerprint density at radius 3 is 3.00 bits per heavy atom. The molecule has 2 aromatic rings. The van der Waals surface area contributed by atoms with Crippen LogP contribution in [0.15, 0.2) is 12.4 Å². The highest BCUT2D eigenvalue weighted by molar-refractivity contribution is 6.29. The van der Waals surface area contributed by atoms with Crippen molar-refractivity contribution in [2.45, 2.75) is 19.8 Å². The maximum absolute atomic E-state index is 5.98. The van der Waals surface area contributed by atoms with Crippen molar-refractivity contribution in [3.63, 3.8) is 0 Å². The number of nitrogens with one attached hydrogen (secondary N) is 1. The van der Waals surface area contributed by atoms with Crippen LogP contribution in [0.2, 0.25) is 5.15 Å². The molecule has 0 saturated carbocycles. The molecular weight excluding hydrogens is 276 g/mol. The monoisotopic (exact) mass is 294 g/mol. The molecule has 0 aliphatic carbocycles. The highest BCUT2D eigenvalue weighted by atomic mass is 35.5. The Labute approximate surface area is 123 Å². The molecule has 1 aliphatic heterocycles. The number of aromatic nitrogens is 4. The molecule has 1 saturated heterocycles. The molecule has 0 bridgehead atoms. The van der Waals surface area contributed by atoms with Crippen LogP contribution in [0.4, 0.5) is 5.82 Å². The van der Waals surface area contributed by atoms with Crippen molar-refractivity contribution in [2.24, 2.45) is 5.92 Å². The fourth-order valence-corrected chi connectivity index (χ4v) is 2.72. The zero-order valence-corrected chi connectivity index (χ0v) is 12.3. The quantitative estimate of drug-likeness (QED) is 0.873. The number of hydrogen-bond donors (Lipinski definition) is 1. The van der Waals surface area contributed by atoms with Crippen LogP contribution in [0.5, 0.6) is 0 Å². The van der Waals surface area contributed by atoms with Gasteiger partial charge in [0.15, 0.2) is 0 Å². The molecule has 1 fully saturated rings. The SMILES string of the molecule is CC1CCN(CCNc2cc(Cl)nc3ncnn23)CC1. The number of likely N-dealkylation sites (tertiary alicyclic amines) is 1. The van der Waals surface area contributed by atoms with Crippen molar-refractivity contribution >= 4 is 23.2 Å². The van der Waals surface area contributed by atoms with E-state index in [1.807, 2.05) is 0 Å². The second-order valence-electron chi connectivity index (χ2n) is 5.39. The number of piperidine rings is 1. The molecule has 20 heavy (non-hydrogen) atoms. The summed E-state index contributed by atoms with van der Waals surface area (Å²) in [6.45, 7) is 6.61. The van der Waals surface area contributed by atoms with E-state index in [4.69, 9.17) is 11.6 Å². The number of anilines is 1. The van der Waals surface area contributed by atoms with Gasteiger partial charge >= 0.3 is 0 Å². The van der Waals surface area contributed by atoms with E-state index in [2.05, 4.69) is 32.2 Å². The van der Waals surface area contributed by atoms with E-state index in [0.717, 1.165) is 24.8 Å². The van der Waals surface area contributed by atoms with Crippen molar-refractivity contribution in [1.29, 1.82) is 0 Å². The first-order valence-electron chi connectivity index (χ1n) is 7.05. The van der Waals surface area contributed by atoms with Gasteiger partial charge in [-0.05, 0) is 31.8 Å². The molecule has 0 aromatic carbocycles. The van der Waals surface area contributed by atoms with Crippen LogP contribution in [0, 0.1) is 5.92 Å². The molecule has 6 nitrogen and oxygen atoms in total. The van der Waals surface area contributed by atoms with Gasteiger partial charge in [-0.1, -0.05) is 18.5 Å². The lowest BCUT2D eigenvalue weighted by Crippen LogP contribution is -2.36. The topological polar surface area (TPSA) is 58.3 Å². The Balaban J connectivity index is 1.58. The molecule has 7 heteroatoms. The number of halogens is 1. The predicted octanol–water partition coefficient (Wildman–Crippen LogP) is 1.92. The Hall–Kier alpha value is -1.40. The van der Waals surface area contributed by atoms with Gasteiger partial charge in [0.25, 0.3) is 5.78 Å². The summed E-state index contributed by atoms with van der Waals surface area (Å²) in [5.74, 6) is 2.22. The summed E-state index contributed by atoms with van der Waals surface area (Å²) < 4.78 is 1.67. The fraction of sp³-hybridized carbons (Fsp3) is 0.615. The zero-order valence-electron chi connectivity index (χ0n) is 11.6. The van der Waals surface area contributed by atoms with E-state index >= 15 is 0 Å². The maximum Gasteiger partial charge on any atom is 0.255 e. The number of nitrogens with zero attached hydrogens (tertiary/aromatic N) is 5. The molecule has 1 aliphatic rings. The second-order valence-corrected chi connectivity index (χ2v) is 5.77. The first-order valence-corrected chi connectivity index (χ1v) is 7.42. The van der Waals surface area contributed by atoms with Gasteiger partial charge in [0, 0.05) is 19.2 Å². The largest absolute Gasteiger partial charge is 0.369 e. The van der Waals surface area contributed by atoms with Gasteiger partial charge in [0.1, 0.15) is 17.3 Å². The Morgan fingerprint density at radius 1 is 1.40 bits per heavy atom. The van der Waals surface area contributed by atoms with Crippen LogP contribution in [0.25, 0.3) is 5.78 Å². The van der Waals surface area contributed by atoms with Crippen molar-refractivity contribution in [1.82, 2.24) is 24.5 Å². The van der Waals surface area contributed by atoms with Crippen LogP contribution < -0.4 is 5.32 Å². The molecule has 0 unspecified atom stereocenters. The van der Waals surface area contributed by atoms with E-state index in [1.54, 1.807) is 10.6 Å². The number of hydrogen-bond acceptors (Lipinski definition) is 5. The first-order chi connectivity index (χ1) is 9.72. The summed E-state index contributed by atoms with van der Waals surface area (Å²) in [7, 11) is 0. The lowest BCUT2D eigenvalue weighted by Gasteiger charge is -2.30. The van der Waals surface area contributed by atoms with E-state index in [9.17, 15) is 0 Å². The minimum Gasteiger partial charge on any atom is -0.369 e. The lowest BCUT2D eigenvalue weighted by atomic mass is 9.99. The number of fused-ring (bicyclic) bond motifs is 1. The number of rotatable bonds is 4. The standard InChI is InChI=1S/C13H19ClN6/c1-10-2-5-19(6-3-10)7-4-15-12-8-11(14)18-13-16-9-17-20(12)13/h8-10,15H,2-7H2,1H3. The molecule has 3 rings (SSSR count). The predicted molar refractivity (Wildman–Crippen MR) is 79.1 cm³/mol. The van der Waals surface area contributed by atoms with Gasteiger partial charge in [-0.2, -0.15) is 19.6 Å². The Bertz CT molecular complexity index is 575. The van der Waals surface area contributed by atoms with E-state index < -0.39 is 0 Å². The molecule has 108 valence electrons. The average Bonchev–Trinajstić information content (AvgIpc) is 2.89. The van der Waals surface area contributed by atoms with Gasteiger partial charge < -0.3 is 10.2 Å². The first kappa shape index (κ1) is 13.6. The van der Waals surface area contributed by atoms with Crippen LogP contribution in [-0.4, -0.2) is 50.7 Å². The minimum absolute atomic E-state index is 0.430.